The number of nitrogens with zero attached hydrogens (tertiary/aromatic N) is 3. The van der Waals surface area contributed by atoms with Gasteiger partial charge >= 0.3 is 12.1 Å². The number of urea groups is 1. The average Bonchev–Trinajstić information content (AvgIpc) is 3.17. The molecule has 1 unspecified atom stereocenters. The van der Waals surface area contributed by atoms with Gasteiger partial charge in [-0.05, 0) is 49.4 Å². The van der Waals surface area contributed by atoms with Crippen LogP contribution in [0.3, 0.4) is 0 Å². The zero-order valence-corrected chi connectivity index (χ0v) is 14.6. The molecule has 0 radical (unpaired) electrons. The molecule has 1 atom stereocenters. The second kappa shape index (κ2) is 6.53. The van der Waals surface area contributed by atoms with Gasteiger partial charge in [0.15, 0.2) is 0 Å². The Morgan fingerprint density at radius 2 is 1.59 bits per heavy atom. The van der Waals surface area contributed by atoms with Crippen molar-refractivity contribution in [1.29, 1.82) is 0 Å². The lowest BCUT2D eigenvalue weighted by atomic mass is 10.2. The van der Waals surface area contributed by atoms with E-state index in [-0.39, 0.29) is 17.8 Å². The largest absolute Gasteiger partial charge is 0.444 e. The number of benzene rings is 2. The molecule has 2 saturated heterocycles. The maximum absolute atomic E-state index is 14.7. The molecule has 3 amide bonds. The third-order valence-corrected chi connectivity index (χ3v) is 4.64. The number of carbonyl (C=O) groups is 2. The Bertz CT molecular complexity index is 904. The summed E-state index contributed by atoms with van der Waals surface area (Å²) in [7, 11) is 0. The Morgan fingerprint density at radius 3 is 2.22 bits per heavy atom. The van der Waals surface area contributed by atoms with Crippen molar-refractivity contribution in [2.75, 3.05) is 34.3 Å². The lowest BCUT2D eigenvalue weighted by Crippen LogP contribution is -2.32. The summed E-state index contributed by atoms with van der Waals surface area (Å²) in [6.07, 6.45) is -0.779. The summed E-state index contributed by atoms with van der Waals surface area (Å²) in [5, 5.41) is 0. The standard InChI is InChI=1S/C19H17F2N3O3/c1-12-11-24(19(26)27-12)15-6-7-17(16(21)10-15)23-9-8-22(18(23)25)14-4-2-13(20)3-5-14/h2-7,10,12H,8-9,11H2,1H3. The molecule has 27 heavy (non-hydrogen) atoms. The van der Waals surface area contributed by atoms with Crippen molar-refractivity contribution in [3.05, 3.63) is 54.1 Å². The van der Waals surface area contributed by atoms with Crippen LogP contribution < -0.4 is 14.7 Å². The molecule has 2 aliphatic heterocycles. The van der Waals surface area contributed by atoms with Crippen molar-refractivity contribution < 1.29 is 23.1 Å². The van der Waals surface area contributed by atoms with Gasteiger partial charge in [0.1, 0.15) is 17.7 Å². The van der Waals surface area contributed by atoms with Crippen LogP contribution in [0.2, 0.25) is 0 Å². The van der Waals surface area contributed by atoms with Crippen molar-refractivity contribution in [2.45, 2.75) is 13.0 Å². The van der Waals surface area contributed by atoms with Crippen LogP contribution in [0.25, 0.3) is 0 Å². The summed E-state index contributed by atoms with van der Waals surface area (Å²) in [5.74, 6) is -0.993. The monoisotopic (exact) mass is 373 g/mol. The summed E-state index contributed by atoms with van der Waals surface area (Å²) in [4.78, 5) is 28.6. The van der Waals surface area contributed by atoms with Crippen LogP contribution in [0.4, 0.5) is 35.4 Å². The predicted octanol–water partition coefficient (Wildman–Crippen LogP) is 3.76. The average molecular weight is 373 g/mol. The fourth-order valence-corrected chi connectivity index (χ4v) is 3.32. The van der Waals surface area contributed by atoms with Gasteiger partial charge in [0.2, 0.25) is 0 Å². The quantitative estimate of drug-likeness (QED) is 0.823. The van der Waals surface area contributed by atoms with Crippen molar-refractivity contribution in [3.8, 4) is 0 Å². The minimum absolute atomic E-state index is 0.133. The first-order chi connectivity index (χ1) is 12.9. The van der Waals surface area contributed by atoms with Gasteiger partial charge in [-0.3, -0.25) is 14.7 Å². The fraction of sp³-hybridized carbons (Fsp3) is 0.263. The van der Waals surface area contributed by atoms with Crippen LogP contribution >= 0.6 is 0 Å². The van der Waals surface area contributed by atoms with E-state index in [1.807, 2.05) is 0 Å². The highest BCUT2D eigenvalue weighted by atomic mass is 19.1. The van der Waals surface area contributed by atoms with E-state index < -0.39 is 17.7 Å². The SMILES string of the molecule is CC1CN(c2ccc(N3CCN(c4ccc(F)cc4)C3=O)c(F)c2)C(=O)O1. The molecule has 6 nitrogen and oxygen atoms in total. The van der Waals surface area contributed by atoms with Crippen molar-refractivity contribution in [2.24, 2.45) is 0 Å². The first kappa shape index (κ1) is 17.3. The first-order valence-corrected chi connectivity index (χ1v) is 8.56. The minimum atomic E-state index is -0.603. The molecule has 0 bridgehead atoms. The summed E-state index contributed by atoms with van der Waals surface area (Å²) in [6.45, 7) is 2.77. The van der Waals surface area contributed by atoms with Gasteiger partial charge in [0, 0.05) is 18.8 Å². The summed E-state index contributed by atoms with van der Waals surface area (Å²) in [5.41, 5.74) is 1.07. The molecule has 0 saturated carbocycles. The number of carbonyl (C=O) groups excluding carboxylic acids is 2. The van der Waals surface area contributed by atoms with Crippen LogP contribution in [0.5, 0.6) is 0 Å². The number of anilines is 3. The molecular weight excluding hydrogens is 356 g/mol. The molecule has 2 aliphatic rings. The number of rotatable bonds is 3. The summed E-state index contributed by atoms with van der Waals surface area (Å²) < 4.78 is 32.8. The second-order valence-electron chi connectivity index (χ2n) is 6.50. The van der Waals surface area contributed by atoms with Crippen LogP contribution in [-0.4, -0.2) is 37.9 Å². The molecule has 2 heterocycles. The number of hydrogen-bond donors (Lipinski definition) is 0. The topological polar surface area (TPSA) is 53.1 Å². The second-order valence-corrected chi connectivity index (χ2v) is 6.50. The number of hydrogen-bond acceptors (Lipinski definition) is 3. The smallest absolute Gasteiger partial charge is 0.414 e. The number of halogens is 2. The van der Waals surface area contributed by atoms with Gasteiger partial charge in [-0.2, -0.15) is 0 Å². The van der Waals surface area contributed by atoms with Crippen molar-refractivity contribution in [1.82, 2.24) is 0 Å². The summed E-state index contributed by atoms with van der Waals surface area (Å²) >= 11 is 0. The molecular formula is C19H17F2N3O3. The molecule has 2 fully saturated rings. The molecule has 140 valence electrons. The van der Waals surface area contributed by atoms with Crippen LogP contribution in [-0.2, 0) is 4.74 Å². The van der Waals surface area contributed by atoms with Gasteiger partial charge in [0.25, 0.3) is 0 Å². The highest BCUT2D eigenvalue weighted by molar-refractivity contribution is 6.06. The van der Waals surface area contributed by atoms with E-state index in [4.69, 9.17) is 4.74 Å². The predicted molar refractivity (Wildman–Crippen MR) is 96.2 cm³/mol. The van der Waals surface area contributed by atoms with Crippen LogP contribution in [0, 0.1) is 11.6 Å². The number of cyclic esters (lactones) is 1. The van der Waals surface area contributed by atoms with Gasteiger partial charge in [-0.1, -0.05) is 0 Å². The molecule has 2 aromatic rings. The van der Waals surface area contributed by atoms with E-state index in [9.17, 15) is 18.4 Å². The van der Waals surface area contributed by atoms with Gasteiger partial charge in [0.05, 0.1) is 17.9 Å². The summed E-state index contributed by atoms with van der Waals surface area (Å²) in [6, 6.07) is 9.48. The Hall–Kier alpha value is -3.16. The first-order valence-electron chi connectivity index (χ1n) is 8.56. The van der Waals surface area contributed by atoms with Crippen LogP contribution in [0.1, 0.15) is 6.92 Å². The maximum atomic E-state index is 14.7. The third kappa shape index (κ3) is 3.07. The van der Waals surface area contributed by atoms with Gasteiger partial charge in [-0.15, -0.1) is 0 Å². The van der Waals surface area contributed by atoms with E-state index >= 15 is 0 Å². The van der Waals surface area contributed by atoms with Gasteiger partial charge in [-0.25, -0.2) is 18.4 Å². The van der Waals surface area contributed by atoms with Gasteiger partial charge < -0.3 is 4.74 Å². The van der Waals surface area contributed by atoms with Crippen molar-refractivity contribution >= 4 is 29.2 Å². The van der Waals surface area contributed by atoms with Crippen molar-refractivity contribution in [3.63, 3.8) is 0 Å². The zero-order valence-electron chi connectivity index (χ0n) is 14.6. The normalized spacial score (nSPS) is 19.8. The molecule has 0 spiro atoms. The lowest BCUT2D eigenvalue weighted by Gasteiger charge is -2.20. The van der Waals surface area contributed by atoms with E-state index in [1.165, 1.54) is 51.1 Å². The Morgan fingerprint density at radius 1 is 0.926 bits per heavy atom. The Balaban J connectivity index is 1.56. The molecule has 8 heteroatoms. The Kier molecular flexibility index (Phi) is 4.18. The highest BCUT2D eigenvalue weighted by Crippen LogP contribution is 2.31. The van der Waals surface area contributed by atoms with E-state index in [0.717, 1.165) is 0 Å². The zero-order chi connectivity index (χ0) is 19.1. The molecule has 4 rings (SSSR count). The fourth-order valence-electron chi connectivity index (χ4n) is 3.32. The molecule has 0 aromatic heterocycles. The van der Waals surface area contributed by atoms with Crippen LogP contribution in [0.15, 0.2) is 42.5 Å². The number of amides is 3. The highest BCUT2D eigenvalue weighted by Gasteiger charge is 2.34. The van der Waals surface area contributed by atoms with E-state index in [1.54, 1.807) is 13.0 Å². The molecule has 2 aromatic carbocycles. The Labute approximate surface area is 154 Å². The minimum Gasteiger partial charge on any atom is -0.444 e. The molecule has 0 N–H and O–H groups in total. The number of ether oxygens (including phenoxy) is 1. The van der Waals surface area contributed by atoms with E-state index in [2.05, 4.69) is 0 Å². The van der Waals surface area contributed by atoms with E-state index in [0.29, 0.717) is 31.0 Å². The third-order valence-electron chi connectivity index (χ3n) is 4.64. The maximum Gasteiger partial charge on any atom is 0.414 e. The lowest BCUT2D eigenvalue weighted by molar-refractivity contribution is 0.150. The molecule has 0 aliphatic carbocycles.